The van der Waals surface area contributed by atoms with Gasteiger partial charge in [0.25, 0.3) is 10.0 Å². The molecule has 3 aromatic rings. The molecule has 0 spiro atoms. The lowest BCUT2D eigenvalue weighted by atomic mass is 9.88. The zero-order chi connectivity index (χ0) is 33.4. The average Bonchev–Trinajstić information content (AvgIpc) is 3.44. The molecule has 1 unspecified atom stereocenters. The van der Waals surface area contributed by atoms with Crippen LogP contribution in [0.5, 0.6) is 5.75 Å². The number of pyridine rings is 1. The Bertz CT molecular complexity index is 1790. The number of ether oxygens (including phenoxy) is 1. The molecule has 0 saturated carbocycles. The molecule has 0 aliphatic heterocycles. The Balaban J connectivity index is 1.53. The van der Waals surface area contributed by atoms with Crippen molar-refractivity contribution in [2.75, 3.05) is 6.61 Å². The first kappa shape index (κ1) is 35.1. The highest BCUT2D eigenvalue weighted by Gasteiger charge is 2.30. The molecule has 254 valence electrons. The van der Waals surface area contributed by atoms with Crippen molar-refractivity contribution in [1.82, 2.24) is 13.9 Å². The van der Waals surface area contributed by atoms with Crippen LogP contribution in [0, 0.1) is 6.92 Å². The van der Waals surface area contributed by atoms with E-state index in [4.69, 9.17) is 4.74 Å². The number of halogens is 3. The predicted molar refractivity (Wildman–Crippen MR) is 179 cm³/mol. The molecule has 0 amide bonds. The Morgan fingerprint density at radius 1 is 0.915 bits per heavy atom. The van der Waals surface area contributed by atoms with Crippen LogP contribution in [0.1, 0.15) is 94.7 Å². The third kappa shape index (κ3) is 9.01. The third-order valence-corrected chi connectivity index (χ3v) is 11.8. The van der Waals surface area contributed by atoms with Gasteiger partial charge in [0, 0.05) is 11.8 Å². The van der Waals surface area contributed by atoms with Gasteiger partial charge in [-0.05, 0) is 88.1 Å². The van der Waals surface area contributed by atoms with Crippen molar-refractivity contribution < 1.29 is 30.5 Å². The maximum atomic E-state index is 14.6. The first-order chi connectivity index (χ1) is 22.5. The zero-order valence-corrected chi connectivity index (χ0v) is 28.4. The van der Waals surface area contributed by atoms with Gasteiger partial charge in [-0.3, -0.25) is 9.19 Å². The summed E-state index contributed by atoms with van der Waals surface area (Å²) in [7, 11) is -6.29. The van der Waals surface area contributed by atoms with E-state index in [1.165, 1.54) is 49.6 Å². The van der Waals surface area contributed by atoms with Crippen LogP contribution in [0.4, 0.5) is 13.2 Å². The number of rotatable bonds is 7. The number of nitrogens with zero attached hydrogens (tertiary/aromatic N) is 3. The van der Waals surface area contributed by atoms with E-state index in [1.807, 2.05) is 6.08 Å². The summed E-state index contributed by atoms with van der Waals surface area (Å²) in [6, 6.07) is 8.04. The number of imidazole rings is 1. The molecule has 0 saturated heterocycles. The van der Waals surface area contributed by atoms with Crippen LogP contribution < -0.4 is 4.74 Å². The zero-order valence-electron chi connectivity index (χ0n) is 26.7. The van der Waals surface area contributed by atoms with Gasteiger partial charge in [0.2, 0.25) is 5.16 Å². The van der Waals surface area contributed by atoms with E-state index in [0.717, 1.165) is 61.8 Å². The number of fused-ring (bicyclic) bond motifs is 1. The molecule has 0 radical (unpaired) electrons. The monoisotopic (exact) mass is 689 g/mol. The Labute approximate surface area is 277 Å². The molecule has 7 nitrogen and oxygen atoms in total. The van der Waals surface area contributed by atoms with Crippen molar-refractivity contribution in [2.24, 2.45) is 0 Å². The molecule has 2 heterocycles. The predicted octanol–water partition coefficient (Wildman–Crippen LogP) is 9.00. The molecule has 2 aliphatic rings. The first-order valence-electron chi connectivity index (χ1n) is 16.4. The summed E-state index contributed by atoms with van der Waals surface area (Å²) in [5.41, 5.74) is 3.80. The summed E-state index contributed by atoms with van der Waals surface area (Å²) in [6.07, 6.45) is 15.8. The molecule has 1 aromatic carbocycles. The van der Waals surface area contributed by atoms with Gasteiger partial charge in [0.05, 0.1) is 38.2 Å². The van der Waals surface area contributed by atoms with Crippen molar-refractivity contribution >= 4 is 31.9 Å². The topological polar surface area (TPSA) is 91.2 Å². The summed E-state index contributed by atoms with van der Waals surface area (Å²) in [6.45, 7) is 0.0568. The fraction of sp³-hybridized carbons (Fsp3) is 0.486. The number of allylic oxidation sites excluding steroid dienone is 5. The number of alkyl halides is 3. The lowest BCUT2D eigenvalue weighted by Crippen LogP contribution is -2.20. The largest absolute Gasteiger partial charge is 0.484 e. The fourth-order valence-corrected chi connectivity index (χ4v) is 9.34. The third-order valence-electron chi connectivity index (χ3n) is 8.76. The van der Waals surface area contributed by atoms with E-state index in [2.05, 4.69) is 9.97 Å². The summed E-state index contributed by atoms with van der Waals surface area (Å²) in [5, 5.41) is -0.170. The highest BCUT2D eigenvalue weighted by atomic mass is 32.2. The SMILES string of the molecule is Cc1c(OCC(F)(F)F)ccnc1CS(=O)c1nc2ccccc2n1S(=O)(=O)C1=CCCCCCCCCCC2=C(C=C1)CCCC2. The van der Waals surface area contributed by atoms with Gasteiger partial charge in [0.1, 0.15) is 5.75 Å². The van der Waals surface area contributed by atoms with Crippen LogP contribution in [0.3, 0.4) is 0 Å². The van der Waals surface area contributed by atoms with Crippen LogP contribution in [0.15, 0.2) is 76.0 Å². The molecule has 2 aromatic heterocycles. The van der Waals surface area contributed by atoms with Crippen LogP contribution in [-0.2, 0) is 26.6 Å². The molecule has 47 heavy (non-hydrogen) atoms. The Morgan fingerprint density at radius 3 is 2.36 bits per heavy atom. The van der Waals surface area contributed by atoms with Gasteiger partial charge in [-0.2, -0.15) is 13.2 Å². The molecule has 2 aliphatic carbocycles. The molecular weight excluding hydrogens is 648 g/mol. The second-order valence-corrected chi connectivity index (χ2v) is 15.3. The molecule has 5 rings (SSSR count). The second kappa shape index (κ2) is 15.8. The minimum atomic E-state index is -4.53. The fourth-order valence-electron chi connectivity index (χ4n) is 6.20. The smallest absolute Gasteiger partial charge is 0.422 e. The molecule has 0 fully saturated rings. The quantitative estimate of drug-likeness (QED) is 0.246. The van der Waals surface area contributed by atoms with E-state index in [1.54, 1.807) is 36.4 Å². The second-order valence-electron chi connectivity index (χ2n) is 12.2. The number of benzene rings is 1. The van der Waals surface area contributed by atoms with E-state index < -0.39 is 33.6 Å². The summed E-state index contributed by atoms with van der Waals surface area (Å²) in [5.74, 6) is -0.300. The summed E-state index contributed by atoms with van der Waals surface area (Å²) in [4.78, 5) is 8.87. The van der Waals surface area contributed by atoms with Crippen molar-refractivity contribution in [3.8, 4) is 5.75 Å². The van der Waals surface area contributed by atoms with Gasteiger partial charge in [-0.1, -0.05) is 62.0 Å². The Morgan fingerprint density at radius 2 is 1.60 bits per heavy atom. The van der Waals surface area contributed by atoms with Gasteiger partial charge >= 0.3 is 6.18 Å². The molecule has 0 N–H and O–H groups in total. The highest BCUT2D eigenvalue weighted by Crippen LogP contribution is 2.32. The number of hydrogen-bond donors (Lipinski definition) is 0. The van der Waals surface area contributed by atoms with Gasteiger partial charge < -0.3 is 4.74 Å². The lowest BCUT2D eigenvalue weighted by Gasteiger charge is -2.19. The number of para-hydroxylation sites is 2. The van der Waals surface area contributed by atoms with E-state index in [9.17, 15) is 25.8 Å². The molecule has 0 bridgehead atoms. The van der Waals surface area contributed by atoms with Crippen LogP contribution in [-0.4, -0.2) is 39.4 Å². The molecule has 1 atom stereocenters. The van der Waals surface area contributed by atoms with Gasteiger partial charge in [0.15, 0.2) is 6.61 Å². The number of hydrogen-bond acceptors (Lipinski definition) is 6. The normalized spacial score (nSPS) is 18.3. The molecule has 12 heteroatoms. The van der Waals surface area contributed by atoms with E-state index >= 15 is 0 Å². The van der Waals surface area contributed by atoms with E-state index in [0.29, 0.717) is 23.0 Å². The lowest BCUT2D eigenvalue weighted by molar-refractivity contribution is -0.153. The summed E-state index contributed by atoms with van der Waals surface area (Å²) < 4.78 is 87.6. The minimum Gasteiger partial charge on any atom is -0.484 e. The maximum absolute atomic E-state index is 14.6. The average molecular weight is 690 g/mol. The van der Waals surface area contributed by atoms with Crippen LogP contribution in [0.25, 0.3) is 11.0 Å². The highest BCUT2D eigenvalue weighted by molar-refractivity contribution is 7.94. The van der Waals surface area contributed by atoms with Crippen molar-refractivity contribution in [2.45, 2.75) is 107 Å². The number of aromatic nitrogens is 3. The van der Waals surface area contributed by atoms with Gasteiger partial charge in [-0.15, -0.1) is 0 Å². The van der Waals surface area contributed by atoms with Crippen molar-refractivity contribution in [3.63, 3.8) is 0 Å². The maximum Gasteiger partial charge on any atom is 0.422 e. The Hall–Kier alpha value is -3.25. The van der Waals surface area contributed by atoms with Crippen LogP contribution >= 0.6 is 0 Å². The first-order valence-corrected chi connectivity index (χ1v) is 19.1. The van der Waals surface area contributed by atoms with Crippen molar-refractivity contribution in [3.05, 3.63) is 82.1 Å². The standard InChI is InChI=1S/C35H42F3N3O4S2/c1-26-31(39-23-22-33(26)45-25-35(36,37)38)24-46(42)34-40-30-18-12-13-19-32(30)41(34)47(43,44)29-17-9-7-5-3-2-4-6-8-14-27-15-10-11-16-28(27)20-21-29/h12-13,17-23H,2-11,14-16,24-25H2,1H3. The minimum absolute atomic E-state index is 0.0347. The Kier molecular flexibility index (Phi) is 11.8. The van der Waals surface area contributed by atoms with Gasteiger partial charge in [-0.25, -0.2) is 17.4 Å². The summed E-state index contributed by atoms with van der Waals surface area (Å²) >= 11 is 0. The van der Waals surface area contributed by atoms with E-state index in [-0.39, 0.29) is 27.3 Å². The van der Waals surface area contributed by atoms with Crippen molar-refractivity contribution in [1.29, 1.82) is 0 Å². The molecular formula is C35H42F3N3O4S2. The van der Waals surface area contributed by atoms with Crippen LogP contribution in [0.2, 0.25) is 0 Å².